The van der Waals surface area contributed by atoms with E-state index in [0.29, 0.717) is 18.8 Å². The van der Waals surface area contributed by atoms with Crippen LogP contribution in [-0.4, -0.2) is 21.9 Å². The molecule has 0 atom stereocenters. The van der Waals surface area contributed by atoms with Crippen LogP contribution >= 0.6 is 11.9 Å². The van der Waals surface area contributed by atoms with Crippen LogP contribution in [0.15, 0.2) is 48.5 Å². The van der Waals surface area contributed by atoms with Crippen molar-refractivity contribution in [2.24, 2.45) is 0 Å². The van der Waals surface area contributed by atoms with Crippen molar-refractivity contribution in [3.05, 3.63) is 70.9 Å². The first-order valence-electron chi connectivity index (χ1n) is 7.76. The monoisotopic (exact) mass is 340 g/mol. The first-order valence-corrected chi connectivity index (χ1v) is 8.99. The second kappa shape index (κ2) is 7.11. The van der Waals surface area contributed by atoms with Crippen LogP contribution in [0.4, 0.5) is 0 Å². The summed E-state index contributed by atoms with van der Waals surface area (Å²) in [5.41, 5.74) is 4.43. The Labute approximate surface area is 145 Å². The van der Waals surface area contributed by atoms with Gasteiger partial charge in [0.05, 0.1) is 0 Å². The molecule has 0 saturated carbocycles. The van der Waals surface area contributed by atoms with Crippen molar-refractivity contribution >= 4 is 28.8 Å². The van der Waals surface area contributed by atoms with E-state index in [2.05, 4.69) is 29.0 Å². The number of para-hydroxylation sites is 1. The number of carboxylic acids is 1. The Balaban J connectivity index is 2.15. The Morgan fingerprint density at radius 1 is 1.17 bits per heavy atom. The van der Waals surface area contributed by atoms with E-state index >= 15 is 0 Å². The number of benzene rings is 2. The lowest BCUT2D eigenvalue weighted by atomic mass is 10.1. The predicted octanol–water partition coefficient (Wildman–Crippen LogP) is 4.06. The van der Waals surface area contributed by atoms with Gasteiger partial charge in [0.15, 0.2) is 0 Å². The number of nitrogens with one attached hydrogen (secondary N) is 1. The van der Waals surface area contributed by atoms with Gasteiger partial charge >= 0.3 is 5.97 Å². The van der Waals surface area contributed by atoms with Crippen LogP contribution in [0.1, 0.15) is 27.2 Å². The summed E-state index contributed by atoms with van der Waals surface area (Å²) in [6, 6.07) is 16.1. The molecule has 0 fully saturated rings. The topological polar surface area (TPSA) is 54.3 Å². The first kappa shape index (κ1) is 16.6. The number of aromatic nitrogens is 1. The molecule has 0 amide bonds. The number of rotatable bonds is 6. The minimum Gasteiger partial charge on any atom is -0.477 e. The molecule has 24 heavy (non-hydrogen) atoms. The number of carboxylic acid groups (broad SMARTS) is 1. The molecule has 0 bridgehead atoms. The Morgan fingerprint density at radius 3 is 2.54 bits per heavy atom. The third-order valence-electron chi connectivity index (χ3n) is 4.13. The van der Waals surface area contributed by atoms with Crippen LogP contribution in [0.25, 0.3) is 10.9 Å². The molecule has 124 valence electrons. The maximum absolute atomic E-state index is 12.0. The highest BCUT2D eigenvalue weighted by molar-refractivity contribution is 7.96. The highest BCUT2D eigenvalue weighted by Crippen LogP contribution is 2.28. The van der Waals surface area contributed by atoms with Crippen molar-refractivity contribution < 1.29 is 9.90 Å². The molecule has 0 aliphatic carbocycles. The molecule has 0 saturated heterocycles. The van der Waals surface area contributed by atoms with Gasteiger partial charge in [-0.1, -0.05) is 60.0 Å². The van der Waals surface area contributed by atoms with Gasteiger partial charge in [-0.05, 0) is 24.8 Å². The van der Waals surface area contributed by atoms with Crippen molar-refractivity contribution in [2.45, 2.75) is 20.0 Å². The Bertz CT molecular complexity index is 869. The summed E-state index contributed by atoms with van der Waals surface area (Å²) in [6.45, 7) is 3.11. The SMILES string of the molecule is CSNCc1c(C(=O)O)n(Cc2ccc(C)cc2)c2ccccc12. The van der Waals surface area contributed by atoms with E-state index < -0.39 is 5.97 Å². The lowest BCUT2D eigenvalue weighted by Gasteiger charge is -2.10. The van der Waals surface area contributed by atoms with Crippen LogP contribution < -0.4 is 4.72 Å². The van der Waals surface area contributed by atoms with Crippen LogP contribution in [0.3, 0.4) is 0 Å². The molecule has 3 rings (SSSR count). The Morgan fingerprint density at radius 2 is 1.88 bits per heavy atom. The largest absolute Gasteiger partial charge is 0.477 e. The van der Waals surface area contributed by atoms with Gasteiger partial charge in [-0.3, -0.25) is 4.72 Å². The zero-order chi connectivity index (χ0) is 17.1. The number of nitrogens with zero attached hydrogens (tertiary/aromatic N) is 1. The van der Waals surface area contributed by atoms with Crippen molar-refractivity contribution in [1.82, 2.24) is 9.29 Å². The van der Waals surface area contributed by atoms with E-state index in [0.717, 1.165) is 22.0 Å². The van der Waals surface area contributed by atoms with E-state index in [1.54, 1.807) is 0 Å². The minimum atomic E-state index is -0.892. The van der Waals surface area contributed by atoms with Gasteiger partial charge in [0.25, 0.3) is 0 Å². The van der Waals surface area contributed by atoms with E-state index in [-0.39, 0.29) is 0 Å². The van der Waals surface area contributed by atoms with Crippen LogP contribution in [0.2, 0.25) is 0 Å². The summed E-state index contributed by atoms with van der Waals surface area (Å²) < 4.78 is 5.08. The first-order chi connectivity index (χ1) is 11.6. The molecule has 2 N–H and O–H groups in total. The molecular weight excluding hydrogens is 320 g/mol. The molecule has 0 unspecified atom stereocenters. The number of hydrogen-bond donors (Lipinski definition) is 2. The van der Waals surface area contributed by atoms with Crippen LogP contribution in [0, 0.1) is 6.92 Å². The highest BCUT2D eigenvalue weighted by Gasteiger charge is 2.21. The summed E-state index contributed by atoms with van der Waals surface area (Å²) >= 11 is 1.49. The number of aryl methyl sites for hydroxylation is 1. The third-order valence-corrected chi connectivity index (χ3v) is 4.57. The molecule has 2 aromatic carbocycles. The number of fused-ring (bicyclic) bond motifs is 1. The Hall–Kier alpha value is -2.24. The quantitative estimate of drug-likeness (QED) is 0.664. The molecule has 0 aliphatic heterocycles. The molecule has 1 aromatic heterocycles. The Kier molecular flexibility index (Phi) is 4.92. The number of hydrogen-bond acceptors (Lipinski definition) is 3. The average Bonchev–Trinajstić information content (AvgIpc) is 2.89. The standard InChI is InChI=1S/C19H20N2O2S/c1-13-7-9-14(10-8-13)12-21-17-6-4-3-5-15(17)16(11-20-24-2)18(21)19(22)23/h3-10,20H,11-12H2,1-2H3,(H,22,23). The smallest absolute Gasteiger partial charge is 0.352 e. The maximum Gasteiger partial charge on any atom is 0.352 e. The maximum atomic E-state index is 12.0. The molecule has 0 spiro atoms. The second-order valence-electron chi connectivity index (χ2n) is 5.75. The highest BCUT2D eigenvalue weighted by atomic mass is 32.2. The predicted molar refractivity (Wildman–Crippen MR) is 99.5 cm³/mol. The summed E-state index contributed by atoms with van der Waals surface area (Å²) in [5, 5.41) is 10.8. The fourth-order valence-electron chi connectivity index (χ4n) is 2.98. The van der Waals surface area contributed by atoms with Gasteiger partial charge in [-0.15, -0.1) is 0 Å². The van der Waals surface area contributed by atoms with Crippen molar-refractivity contribution in [3.8, 4) is 0 Å². The minimum absolute atomic E-state index is 0.360. The van der Waals surface area contributed by atoms with Gasteiger partial charge in [0.1, 0.15) is 5.69 Å². The molecule has 3 aromatic rings. The van der Waals surface area contributed by atoms with Gasteiger partial charge in [-0.25, -0.2) is 4.79 Å². The summed E-state index contributed by atoms with van der Waals surface area (Å²) in [7, 11) is 0. The van der Waals surface area contributed by atoms with Crippen molar-refractivity contribution in [2.75, 3.05) is 6.26 Å². The number of aromatic carboxylic acids is 1. The average molecular weight is 340 g/mol. The van der Waals surface area contributed by atoms with E-state index in [1.165, 1.54) is 17.5 Å². The van der Waals surface area contributed by atoms with Crippen molar-refractivity contribution in [1.29, 1.82) is 0 Å². The zero-order valence-corrected chi connectivity index (χ0v) is 14.6. The summed E-state index contributed by atoms with van der Waals surface area (Å²) in [6.07, 6.45) is 1.94. The lowest BCUT2D eigenvalue weighted by molar-refractivity contribution is 0.0685. The molecule has 5 heteroatoms. The zero-order valence-electron chi connectivity index (χ0n) is 13.7. The van der Waals surface area contributed by atoms with E-state index in [4.69, 9.17) is 0 Å². The molecule has 0 aliphatic rings. The van der Waals surface area contributed by atoms with E-state index in [9.17, 15) is 9.90 Å². The van der Waals surface area contributed by atoms with Crippen molar-refractivity contribution in [3.63, 3.8) is 0 Å². The van der Waals surface area contributed by atoms with Gasteiger partial charge < -0.3 is 9.67 Å². The second-order valence-corrected chi connectivity index (χ2v) is 6.44. The fraction of sp³-hybridized carbons (Fsp3) is 0.211. The summed E-state index contributed by atoms with van der Waals surface area (Å²) in [4.78, 5) is 12.0. The summed E-state index contributed by atoms with van der Waals surface area (Å²) in [5.74, 6) is -0.892. The van der Waals surface area contributed by atoms with Crippen LogP contribution in [0.5, 0.6) is 0 Å². The molecule has 1 heterocycles. The molecular formula is C19H20N2O2S. The van der Waals surface area contributed by atoms with E-state index in [1.807, 2.05) is 42.0 Å². The number of carbonyl (C=O) groups is 1. The molecule has 4 nitrogen and oxygen atoms in total. The molecule has 0 radical (unpaired) electrons. The normalized spacial score (nSPS) is 11.1. The van der Waals surface area contributed by atoms with Gasteiger partial charge in [0, 0.05) is 29.6 Å². The third kappa shape index (κ3) is 3.18. The lowest BCUT2D eigenvalue weighted by Crippen LogP contribution is -2.13. The van der Waals surface area contributed by atoms with Crippen LogP contribution in [-0.2, 0) is 13.1 Å². The fourth-order valence-corrected chi connectivity index (χ4v) is 3.27. The van der Waals surface area contributed by atoms with Gasteiger partial charge in [0.2, 0.25) is 0 Å². The van der Waals surface area contributed by atoms with Gasteiger partial charge in [-0.2, -0.15) is 0 Å².